The summed E-state index contributed by atoms with van der Waals surface area (Å²) in [6.07, 6.45) is 0.110. The summed E-state index contributed by atoms with van der Waals surface area (Å²) in [7, 11) is 1.57. The van der Waals surface area contributed by atoms with Crippen LogP contribution in [0.5, 0.6) is 17.2 Å². The number of methoxy groups -OCH3 is 1. The van der Waals surface area contributed by atoms with Crippen LogP contribution < -0.4 is 24.8 Å². The summed E-state index contributed by atoms with van der Waals surface area (Å²) in [6.45, 7) is 0.144. The van der Waals surface area contributed by atoms with Gasteiger partial charge in [0.1, 0.15) is 11.8 Å². The van der Waals surface area contributed by atoms with Crippen LogP contribution in [0.1, 0.15) is 17.3 Å². The van der Waals surface area contributed by atoms with Gasteiger partial charge in [0.05, 0.1) is 13.5 Å². The van der Waals surface area contributed by atoms with E-state index in [0.717, 1.165) is 16.6 Å². The van der Waals surface area contributed by atoms with E-state index in [2.05, 4.69) is 15.6 Å². The lowest BCUT2D eigenvalue weighted by molar-refractivity contribution is -0.126. The molecule has 3 N–H and O–H groups in total. The predicted octanol–water partition coefficient (Wildman–Crippen LogP) is 3.94. The average molecular weight is 457 g/mol. The largest absolute Gasteiger partial charge is 0.497 e. The van der Waals surface area contributed by atoms with E-state index in [-0.39, 0.29) is 25.0 Å². The lowest BCUT2D eigenvalue weighted by Gasteiger charge is -2.19. The molecule has 0 bridgehead atoms. The van der Waals surface area contributed by atoms with Crippen molar-refractivity contribution in [2.45, 2.75) is 12.5 Å². The summed E-state index contributed by atoms with van der Waals surface area (Å²) in [6, 6.07) is 21.0. The van der Waals surface area contributed by atoms with Crippen molar-refractivity contribution in [1.29, 1.82) is 0 Å². The van der Waals surface area contributed by atoms with Crippen molar-refractivity contribution in [3.8, 4) is 17.2 Å². The van der Waals surface area contributed by atoms with E-state index in [1.54, 1.807) is 49.6 Å². The van der Waals surface area contributed by atoms with Gasteiger partial charge in [-0.1, -0.05) is 30.3 Å². The van der Waals surface area contributed by atoms with Gasteiger partial charge < -0.3 is 29.8 Å². The highest BCUT2D eigenvalue weighted by atomic mass is 16.7. The minimum absolute atomic E-state index is 0.110. The Morgan fingerprint density at radius 3 is 2.59 bits per heavy atom. The Labute approximate surface area is 195 Å². The van der Waals surface area contributed by atoms with Gasteiger partial charge in [-0.2, -0.15) is 0 Å². The third-order valence-corrected chi connectivity index (χ3v) is 5.59. The molecule has 0 spiro atoms. The molecule has 0 saturated carbocycles. The molecule has 4 aromatic rings. The molecule has 5 rings (SSSR count). The van der Waals surface area contributed by atoms with Crippen LogP contribution in [-0.4, -0.2) is 30.7 Å². The third-order valence-electron chi connectivity index (χ3n) is 5.59. The SMILES string of the molecule is COc1ccc(C(NC(=O)Cc2cc3ccccc3[nH]2)C(=O)Nc2ccc3c(c2)OCO3)cc1. The molecule has 0 fully saturated rings. The van der Waals surface area contributed by atoms with Crippen LogP contribution in [0.4, 0.5) is 5.69 Å². The van der Waals surface area contributed by atoms with Gasteiger partial charge in [-0.15, -0.1) is 0 Å². The third kappa shape index (κ3) is 4.52. The van der Waals surface area contributed by atoms with Crippen molar-refractivity contribution in [2.24, 2.45) is 0 Å². The Morgan fingerprint density at radius 2 is 1.79 bits per heavy atom. The molecule has 2 heterocycles. The molecular weight excluding hydrogens is 434 g/mol. The molecule has 3 aromatic carbocycles. The van der Waals surface area contributed by atoms with Crippen molar-refractivity contribution < 1.29 is 23.8 Å². The molecule has 1 aliphatic rings. The summed E-state index contributed by atoms with van der Waals surface area (Å²) >= 11 is 0. The highest BCUT2D eigenvalue weighted by molar-refractivity contribution is 5.98. The fraction of sp³-hybridized carbons (Fsp3) is 0.154. The van der Waals surface area contributed by atoms with Gasteiger partial charge in [0.25, 0.3) is 5.91 Å². The Morgan fingerprint density at radius 1 is 1.00 bits per heavy atom. The monoisotopic (exact) mass is 457 g/mol. The molecule has 1 atom stereocenters. The fourth-order valence-corrected chi connectivity index (χ4v) is 3.90. The van der Waals surface area contributed by atoms with Gasteiger partial charge in [-0.3, -0.25) is 9.59 Å². The smallest absolute Gasteiger partial charge is 0.251 e. The number of ether oxygens (including phenoxy) is 3. The molecular formula is C26H23N3O5. The maximum Gasteiger partial charge on any atom is 0.251 e. The Balaban J connectivity index is 1.35. The molecule has 1 aliphatic heterocycles. The van der Waals surface area contributed by atoms with Crippen molar-refractivity contribution >= 4 is 28.4 Å². The number of anilines is 1. The number of benzene rings is 3. The van der Waals surface area contributed by atoms with Crippen LogP contribution in [0.25, 0.3) is 10.9 Å². The lowest BCUT2D eigenvalue weighted by atomic mass is 10.0. The van der Waals surface area contributed by atoms with Gasteiger partial charge in [0.2, 0.25) is 12.7 Å². The summed E-state index contributed by atoms with van der Waals surface area (Å²) in [5.41, 5.74) is 2.89. The zero-order valence-electron chi connectivity index (χ0n) is 18.5. The minimum Gasteiger partial charge on any atom is -0.497 e. The first-order chi connectivity index (χ1) is 16.6. The predicted molar refractivity (Wildman–Crippen MR) is 127 cm³/mol. The maximum absolute atomic E-state index is 13.3. The molecule has 8 heteroatoms. The summed E-state index contributed by atoms with van der Waals surface area (Å²) in [4.78, 5) is 29.4. The topological polar surface area (TPSA) is 102 Å². The second-order valence-electron chi connectivity index (χ2n) is 7.89. The number of hydrogen-bond donors (Lipinski definition) is 3. The quantitative estimate of drug-likeness (QED) is 0.390. The number of carbonyl (C=O) groups is 2. The molecule has 172 valence electrons. The van der Waals surface area contributed by atoms with E-state index < -0.39 is 6.04 Å². The highest BCUT2D eigenvalue weighted by Crippen LogP contribution is 2.34. The van der Waals surface area contributed by atoms with E-state index >= 15 is 0 Å². The van der Waals surface area contributed by atoms with E-state index in [4.69, 9.17) is 14.2 Å². The average Bonchev–Trinajstić information content (AvgIpc) is 3.48. The molecule has 1 unspecified atom stereocenters. The van der Waals surface area contributed by atoms with Crippen LogP contribution in [0.15, 0.2) is 72.8 Å². The Hall–Kier alpha value is -4.46. The van der Waals surface area contributed by atoms with Gasteiger partial charge in [0.15, 0.2) is 11.5 Å². The number of hydrogen-bond acceptors (Lipinski definition) is 5. The summed E-state index contributed by atoms with van der Waals surface area (Å²) in [5, 5.41) is 6.76. The minimum atomic E-state index is -0.909. The van der Waals surface area contributed by atoms with E-state index in [1.165, 1.54) is 0 Å². The van der Waals surface area contributed by atoms with Crippen LogP contribution in [-0.2, 0) is 16.0 Å². The van der Waals surface area contributed by atoms with E-state index in [1.807, 2.05) is 30.3 Å². The Bertz CT molecular complexity index is 1310. The zero-order chi connectivity index (χ0) is 23.5. The van der Waals surface area contributed by atoms with Crippen molar-refractivity contribution in [3.63, 3.8) is 0 Å². The Kier molecular flexibility index (Phi) is 5.78. The van der Waals surface area contributed by atoms with E-state index in [0.29, 0.717) is 28.5 Å². The molecule has 34 heavy (non-hydrogen) atoms. The second kappa shape index (κ2) is 9.19. The first kappa shape index (κ1) is 21.4. The fourth-order valence-electron chi connectivity index (χ4n) is 3.90. The van der Waals surface area contributed by atoms with Crippen molar-refractivity contribution in [2.75, 3.05) is 19.2 Å². The van der Waals surface area contributed by atoms with Crippen molar-refractivity contribution in [1.82, 2.24) is 10.3 Å². The molecule has 8 nitrogen and oxygen atoms in total. The molecule has 0 aliphatic carbocycles. The van der Waals surface area contributed by atoms with Crippen LogP contribution >= 0.6 is 0 Å². The lowest BCUT2D eigenvalue weighted by Crippen LogP contribution is -2.37. The number of fused-ring (bicyclic) bond motifs is 2. The number of aromatic nitrogens is 1. The van der Waals surface area contributed by atoms with Crippen LogP contribution in [0, 0.1) is 0 Å². The first-order valence-corrected chi connectivity index (χ1v) is 10.8. The molecule has 1 aromatic heterocycles. The first-order valence-electron chi connectivity index (χ1n) is 10.8. The zero-order valence-corrected chi connectivity index (χ0v) is 18.5. The van der Waals surface area contributed by atoms with Gasteiger partial charge in [-0.25, -0.2) is 0 Å². The van der Waals surface area contributed by atoms with Gasteiger partial charge in [0, 0.05) is 23.0 Å². The van der Waals surface area contributed by atoms with Gasteiger partial charge in [-0.05, 0) is 47.3 Å². The standard InChI is InChI=1S/C26H23N3O5/c1-32-20-9-6-16(7-10-20)25(26(31)28-18-8-11-22-23(13-18)34-15-33-22)29-24(30)14-19-12-17-4-2-3-5-21(17)27-19/h2-13,25,27H,14-15H2,1H3,(H,28,31)(H,29,30). The summed E-state index contributed by atoms with van der Waals surface area (Å²) < 4.78 is 15.9. The van der Waals surface area contributed by atoms with E-state index in [9.17, 15) is 9.59 Å². The number of carbonyl (C=O) groups excluding carboxylic acids is 2. The van der Waals surface area contributed by atoms with Gasteiger partial charge >= 0.3 is 0 Å². The molecule has 2 amide bonds. The number of aromatic amines is 1. The molecule has 0 radical (unpaired) electrons. The second-order valence-corrected chi connectivity index (χ2v) is 7.89. The highest BCUT2D eigenvalue weighted by Gasteiger charge is 2.24. The molecule has 0 saturated heterocycles. The number of H-pyrrole nitrogens is 1. The van der Waals surface area contributed by atoms with Crippen LogP contribution in [0.3, 0.4) is 0 Å². The number of nitrogens with one attached hydrogen (secondary N) is 3. The summed E-state index contributed by atoms with van der Waals surface area (Å²) in [5.74, 6) is 1.17. The van der Waals surface area contributed by atoms with Crippen LogP contribution in [0.2, 0.25) is 0 Å². The van der Waals surface area contributed by atoms with Crippen molar-refractivity contribution in [3.05, 3.63) is 84.1 Å². The maximum atomic E-state index is 13.3. The number of para-hydroxylation sites is 1. The number of amides is 2. The number of rotatable bonds is 7. The normalized spacial score (nSPS) is 12.9.